The lowest BCUT2D eigenvalue weighted by Gasteiger charge is -2.19. The number of carbonyl (C=O) groups excluding carboxylic acids is 2. The summed E-state index contributed by atoms with van der Waals surface area (Å²) < 4.78 is 15.9. The third kappa shape index (κ3) is 5.33. The Morgan fingerprint density at radius 1 is 0.969 bits per heavy atom. The van der Waals surface area contributed by atoms with Gasteiger partial charge >= 0.3 is 0 Å². The molecule has 1 aromatic heterocycles. The molecule has 0 spiro atoms. The van der Waals surface area contributed by atoms with Crippen LogP contribution in [0, 0.1) is 5.82 Å². The minimum atomic E-state index is -0.524. The van der Waals surface area contributed by atoms with Crippen molar-refractivity contribution in [2.24, 2.45) is 0 Å². The van der Waals surface area contributed by atoms with Crippen LogP contribution in [0.4, 0.5) is 4.39 Å². The quantitative estimate of drug-likeness (QED) is 0.528. The van der Waals surface area contributed by atoms with Crippen LogP contribution in [0.25, 0.3) is 10.9 Å². The summed E-state index contributed by atoms with van der Waals surface area (Å²) in [6.07, 6.45) is 6.64. The maximum Gasteiger partial charge on any atom is 0.254 e. The van der Waals surface area contributed by atoms with Gasteiger partial charge in [-0.25, -0.2) is 4.39 Å². The van der Waals surface area contributed by atoms with Crippen LogP contribution < -0.4 is 5.32 Å². The number of hydrogen-bond donors (Lipinski definition) is 1. The zero-order chi connectivity index (χ0) is 22.3. The Bertz CT molecular complexity index is 1090. The summed E-state index contributed by atoms with van der Waals surface area (Å²) in [5, 5.41) is 3.89. The number of thioether (sulfide) groups is 1. The molecule has 0 bridgehead atoms. The Kier molecular flexibility index (Phi) is 7.47. The van der Waals surface area contributed by atoms with Crippen molar-refractivity contribution in [3.05, 3.63) is 66.1 Å². The van der Waals surface area contributed by atoms with Gasteiger partial charge in [-0.3, -0.25) is 9.59 Å². The van der Waals surface area contributed by atoms with Gasteiger partial charge in [-0.2, -0.15) is 0 Å². The van der Waals surface area contributed by atoms with Gasteiger partial charge in [-0.1, -0.05) is 43.2 Å². The van der Waals surface area contributed by atoms with Crippen LogP contribution in [0.5, 0.6) is 0 Å². The van der Waals surface area contributed by atoms with Crippen LogP contribution in [0.2, 0.25) is 0 Å². The molecule has 168 valence electrons. The highest BCUT2D eigenvalue weighted by molar-refractivity contribution is 8.00. The second-order valence-corrected chi connectivity index (χ2v) is 9.04. The Balaban J connectivity index is 1.39. The Hall–Kier alpha value is -2.80. The Labute approximate surface area is 192 Å². The second kappa shape index (κ2) is 10.7. The van der Waals surface area contributed by atoms with Crippen LogP contribution >= 0.6 is 11.8 Å². The van der Waals surface area contributed by atoms with Crippen molar-refractivity contribution in [3.63, 3.8) is 0 Å². The van der Waals surface area contributed by atoms with E-state index in [4.69, 9.17) is 0 Å². The van der Waals surface area contributed by atoms with E-state index >= 15 is 0 Å². The van der Waals surface area contributed by atoms with Gasteiger partial charge in [0.05, 0.1) is 11.3 Å². The summed E-state index contributed by atoms with van der Waals surface area (Å²) in [7, 11) is 0. The Morgan fingerprint density at radius 2 is 1.69 bits per heavy atom. The normalized spacial score (nSPS) is 14.3. The van der Waals surface area contributed by atoms with Crippen LogP contribution in [-0.2, 0) is 11.3 Å². The third-order valence-electron chi connectivity index (χ3n) is 5.82. The highest BCUT2D eigenvalue weighted by Gasteiger charge is 2.17. The van der Waals surface area contributed by atoms with E-state index in [0.717, 1.165) is 41.7 Å². The average molecular weight is 454 g/mol. The lowest BCUT2D eigenvalue weighted by atomic mass is 10.2. The first kappa shape index (κ1) is 22.4. The van der Waals surface area contributed by atoms with Crippen LogP contribution in [0.3, 0.4) is 0 Å². The number of halogens is 1. The highest BCUT2D eigenvalue weighted by atomic mass is 32.2. The molecule has 3 aromatic rings. The summed E-state index contributed by atoms with van der Waals surface area (Å²) in [5.41, 5.74) is 1.10. The van der Waals surface area contributed by atoms with Crippen molar-refractivity contribution in [2.45, 2.75) is 37.1 Å². The van der Waals surface area contributed by atoms with Crippen LogP contribution in [-0.4, -0.2) is 46.7 Å². The molecule has 1 aliphatic rings. The first-order valence-corrected chi connectivity index (χ1v) is 12.1. The van der Waals surface area contributed by atoms with Gasteiger partial charge in [-0.15, -0.1) is 11.8 Å². The van der Waals surface area contributed by atoms with E-state index in [1.54, 1.807) is 23.9 Å². The number of nitrogens with zero attached hydrogens (tertiary/aromatic N) is 2. The second-order valence-electron chi connectivity index (χ2n) is 8.02. The van der Waals surface area contributed by atoms with Crippen molar-refractivity contribution >= 4 is 34.5 Å². The lowest BCUT2D eigenvalue weighted by molar-refractivity contribution is -0.128. The minimum Gasteiger partial charge on any atom is -0.350 e. The van der Waals surface area contributed by atoms with Crippen LogP contribution in [0.15, 0.2) is 59.6 Å². The van der Waals surface area contributed by atoms with E-state index in [1.807, 2.05) is 29.3 Å². The first-order valence-electron chi connectivity index (χ1n) is 11.1. The molecule has 0 unspecified atom stereocenters. The average Bonchev–Trinajstić information content (AvgIpc) is 2.97. The number of aromatic nitrogens is 1. The highest BCUT2D eigenvalue weighted by Crippen LogP contribution is 2.30. The summed E-state index contributed by atoms with van der Waals surface area (Å²) in [6.45, 7) is 2.66. The van der Waals surface area contributed by atoms with Gasteiger partial charge in [0.25, 0.3) is 5.91 Å². The smallest absolute Gasteiger partial charge is 0.254 e. The number of likely N-dealkylation sites (tertiary alicyclic amines) is 1. The molecule has 4 rings (SSSR count). The van der Waals surface area contributed by atoms with E-state index in [-0.39, 0.29) is 11.5 Å². The molecule has 1 N–H and O–H groups in total. The number of para-hydroxylation sites is 1. The SMILES string of the molecule is O=C(NCCn1cc(SCC(=O)N2CCCCCC2)c2ccccc21)c1ccccc1F. The van der Waals surface area contributed by atoms with Crippen molar-refractivity contribution in [1.29, 1.82) is 0 Å². The minimum absolute atomic E-state index is 0.0492. The molecule has 1 saturated heterocycles. The molecule has 1 fully saturated rings. The van der Waals surface area contributed by atoms with E-state index in [2.05, 4.69) is 16.0 Å². The van der Waals surface area contributed by atoms with E-state index in [0.29, 0.717) is 18.8 Å². The lowest BCUT2D eigenvalue weighted by Crippen LogP contribution is -2.33. The van der Waals surface area contributed by atoms with Gasteiger partial charge in [0, 0.05) is 48.2 Å². The first-order chi connectivity index (χ1) is 15.6. The molecule has 0 saturated carbocycles. The van der Waals surface area contributed by atoms with Gasteiger partial charge in [0.1, 0.15) is 5.82 Å². The number of amides is 2. The van der Waals surface area contributed by atoms with Gasteiger partial charge in [-0.05, 0) is 31.0 Å². The zero-order valence-corrected chi connectivity index (χ0v) is 18.9. The molecular weight excluding hydrogens is 425 g/mol. The third-order valence-corrected chi connectivity index (χ3v) is 6.85. The van der Waals surface area contributed by atoms with Gasteiger partial charge in [0.2, 0.25) is 5.91 Å². The summed E-state index contributed by atoms with van der Waals surface area (Å²) in [4.78, 5) is 28.0. The molecule has 5 nitrogen and oxygen atoms in total. The van der Waals surface area contributed by atoms with Gasteiger partial charge in [0.15, 0.2) is 0 Å². The predicted molar refractivity (Wildman–Crippen MR) is 126 cm³/mol. The molecule has 7 heteroatoms. The maximum absolute atomic E-state index is 13.8. The number of rotatable bonds is 7. The van der Waals surface area contributed by atoms with Crippen molar-refractivity contribution in [2.75, 3.05) is 25.4 Å². The fourth-order valence-electron chi connectivity index (χ4n) is 4.09. The van der Waals surface area contributed by atoms with Crippen molar-refractivity contribution < 1.29 is 14.0 Å². The number of hydrogen-bond acceptors (Lipinski definition) is 3. The Morgan fingerprint density at radius 3 is 2.47 bits per heavy atom. The van der Waals surface area contributed by atoms with E-state index in [9.17, 15) is 14.0 Å². The molecule has 0 aliphatic carbocycles. The van der Waals surface area contributed by atoms with Crippen LogP contribution in [0.1, 0.15) is 36.0 Å². The molecule has 0 atom stereocenters. The number of fused-ring (bicyclic) bond motifs is 1. The fourth-order valence-corrected chi connectivity index (χ4v) is 5.09. The zero-order valence-electron chi connectivity index (χ0n) is 18.1. The monoisotopic (exact) mass is 453 g/mol. The number of carbonyl (C=O) groups is 2. The summed E-state index contributed by atoms with van der Waals surface area (Å²) >= 11 is 1.57. The van der Waals surface area contributed by atoms with E-state index in [1.165, 1.54) is 25.0 Å². The standard InChI is InChI=1S/C25H28FN3O2S/c26-21-11-5-3-9-19(21)25(31)27-13-16-29-17-23(20-10-4-6-12-22(20)29)32-18-24(30)28-14-7-1-2-8-15-28/h3-6,9-12,17H,1-2,7-8,13-16,18H2,(H,27,31). The molecule has 2 heterocycles. The van der Waals surface area contributed by atoms with Crippen molar-refractivity contribution in [3.8, 4) is 0 Å². The summed E-state index contributed by atoms with van der Waals surface area (Å²) in [5.74, 6) is -0.315. The molecular formula is C25H28FN3O2S. The van der Waals surface area contributed by atoms with Crippen molar-refractivity contribution in [1.82, 2.24) is 14.8 Å². The molecule has 2 aromatic carbocycles. The maximum atomic E-state index is 13.8. The molecule has 1 aliphatic heterocycles. The van der Waals surface area contributed by atoms with Gasteiger partial charge < -0.3 is 14.8 Å². The largest absolute Gasteiger partial charge is 0.350 e. The fraction of sp³-hybridized carbons (Fsp3) is 0.360. The number of benzene rings is 2. The summed E-state index contributed by atoms with van der Waals surface area (Å²) in [6, 6.07) is 14.0. The topological polar surface area (TPSA) is 54.3 Å². The molecule has 32 heavy (non-hydrogen) atoms. The van der Waals surface area contributed by atoms with E-state index < -0.39 is 11.7 Å². The molecule has 2 amide bonds. The molecule has 0 radical (unpaired) electrons. The number of nitrogens with one attached hydrogen (secondary N) is 1. The predicted octanol–water partition coefficient (Wildman–Crippen LogP) is 4.71.